The fourth-order valence-electron chi connectivity index (χ4n) is 2.20. The first-order chi connectivity index (χ1) is 7.29. The standard InChI is InChI=1S/C13H18IN/c1-2-12-9-11(5-6-13(12)14)10-15-7-3-4-8-15/h5-6,9H,2-4,7-8,10H2,1H3. The van der Waals surface area contributed by atoms with Crippen molar-refractivity contribution in [3.05, 3.63) is 32.9 Å². The van der Waals surface area contributed by atoms with Crippen LogP contribution in [0.15, 0.2) is 18.2 Å². The summed E-state index contributed by atoms with van der Waals surface area (Å²) >= 11 is 2.43. The summed E-state index contributed by atoms with van der Waals surface area (Å²) in [6.07, 6.45) is 3.90. The summed E-state index contributed by atoms with van der Waals surface area (Å²) in [4.78, 5) is 2.56. The van der Waals surface area contributed by atoms with Gasteiger partial charge in [-0.05, 0) is 72.1 Å². The van der Waals surface area contributed by atoms with Crippen molar-refractivity contribution < 1.29 is 0 Å². The average molecular weight is 315 g/mol. The Hall–Kier alpha value is -0.0900. The highest BCUT2D eigenvalue weighted by Crippen LogP contribution is 2.18. The summed E-state index contributed by atoms with van der Waals surface area (Å²) in [7, 11) is 0. The second-order valence-electron chi connectivity index (χ2n) is 4.26. The quantitative estimate of drug-likeness (QED) is 0.772. The molecular weight excluding hydrogens is 297 g/mol. The SMILES string of the molecule is CCc1cc(CN2CCCC2)ccc1I. The molecule has 15 heavy (non-hydrogen) atoms. The number of rotatable bonds is 3. The molecule has 0 amide bonds. The maximum atomic E-state index is 2.56. The highest BCUT2D eigenvalue weighted by atomic mass is 127. The van der Waals surface area contributed by atoms with Crippen molar-refractivity contribution in [1.29, 1.82) is 0 Å². The van der Waals surface area contributed by atoms with Crippen molar-refractivity contribution in [2.75, 3.05) is 13.1 Å². The highest BCUT2D eigenvalue weighted by Gasteiger charge is 2.11. The molecule has 0 unspecified atom stereocenters. The minimum absolute atomic E-state index is 1.14. The second kappa shape index (κ2) is 5.30. The molecule has 2 rings (SSSR count). The van der Waals surface area contributed by atoms with E-state index >= 15 is 0 Å². The Morgan fingerprint density at radius 1 is 1.27 bits per heavy atom. The lowest BCUT2D eigenvalue weighted by molar-refractivity contribution is 0.331. The van der Waals surface area contributed by atoms with E-state index in [9.17, 15) is 0 Å². The summed E-state index contributed by atoms with van der Waals surface area (Å²) in [6.45, 7) is 5.95. The molecule has 0 radical (unpaired) electrons. The molecule has 82 valence electrons. The molecule has 1 fully saturated rings. The van der Waals surface area contributed by atoms with Crippen molar-refractivity contribution in [3.8, 4) is 0 Å². The number of nitrogens with zero attached hydrogens (tertiary/aromatic N) is 1. The number of hydrogen-bond donors (Lipinski definition) is 0. The van der Waals surface area contributed by atoms with E-state index in [1.165, 1.54) is 40.6 Å². The number of likely N-dealkylation sites (tertiary alicyclic amines) is 1. The summed E-state index contributed by atoms with van der Waals surface area (Å²) in [5, 5.41) is 0. The molecule has 1 nitrogen and oxygen atoms in total. The van der Waals surface area contributed by atoms with Crippen LogP contribution in [-0.4, -0.2) is 18.0 Å². The molecule has 0 saturated carbocycles. The van der Waals surface area contributed by atoms with Gasteiger partial charge < -0.3 is 0 Å². The van der Waals surface area contributed by atoms with Crippen LogP contribution < -0.4 is 0 Å². The van der Waals surface area contributed by atoms with E-state index in [0.717, 1.165) is 13.0 Å². The van der Waals surface area contributed by atoms with Gasteiger partial charge in [-0.1, -0.05) is 19.1 Å². The molecular formula is C13H18IN. The van der Waals surface area contributed by atoms with Gasteiger partial charge in [-0.2, -0.15) is 0 Å². The lowest BCUT2D eigenvalue weighted by Gasteiger charge is -2.15. The number of benzene rings is 1. The Bertz CT molecular complexity index is 329. The molecule has 1 heterocycles. The molecule has 0 aromatic heterocycles. The Balaban J connectivity index is 2.07. The van der Waals surface area contributed by atoms with E-state index in [1.807, 2.05) is 0 Å². The molecule has 0 atom stereocenters. The largest absolute Gasteiger partial charge is 0.299 e. The maximum absolute atomic E-state index is 2.56. The lowest BCUT2D eigenvalue weighted by atomic mass is 10.1. The van der Waals surface area contributed by atoms with Crippen LogP contribution in [0.4, 0.5) is 0 Å². The molecule has 1 aromatic rings. The first-order valence-electron chi connectivity index (χ1n) is 5.79. The monoisotopic (exact) mass is 315 g/mol. The van der Waals surface area contributed by atoms with E-state index in [4.69, 9.17) is 0 Å². The van der Waals surface area contributed by atoms with Gasteiger partial charge >= 0.3 is 0 Å². The summed E-state index contributed by atoms with van der Waals surface area (Å²) in [5.41, 5.74) is 2.97. The van der Waals surface area contributed by atoms with Crippen molar-refractivity contribution in [3.63, 3.8) is 0 Å². The van der Waals surface area contributed by atoms with Crippen molar-refractivity contribution in [1.82, 2.24) is 4.90 Å². The van der Waals surface area contributed by atoms with Gasteiger partial charge in [-0.25, -0.2) is 0 Å². The molecule has 0 aliphatic carbocycles. The third-order valence-corrected chi connectivity index (χ3v) is 4.15. The van der Waals surface area contributed by atoms with Crippen molar-refractivity contribution >= 4 is 22.6 Å². The summed E-state index contributed by atoms with van der Waals surface area (Å²) < 4.78 is 1.40. The minimum Gasteiger partial charge on any atom is -0.299 e. The van der Waals surface area contributed by atoms with Crippen LogP contribution in [0.3, 0.4) is 0 Å². The van der Waals surface area contributed by atoms with E-state index in [0.29, 0.717) is 0 Å². The van der Waals surface area contributed by atoms with Crippen molar-refractivity contribution in [2.24, 2.45) is 0 Å². The first kappa shape index (κ1) is 11.4. The molecule has 2 heteroatoms. The van der Waals surface area contributed by atoms with Gasteiger partial charge in [-0.15, -0.1) is 0 Å². The maximum Gasteiger partial charge on any atom is 0.0233 e. The Morgan fingerprint density at radius 3 is 2.67 bits per heavy atom. The van der Waals surface area contributed by atoms with Gasteiger partial charge in [0.25, 0.3) is 0 Å². The molecule has 1 aliphatic heterocycles. The summed E-state index contributed by atoms with van der Waals surface area (Å²) in [5.74, 6) is 0. The number of aryl methyl sites for hydroxylation is 1. The predicted octanol–water partition coefficient (Wildman–Crippen LogP) is 3.45. The smallest absolute Gasteiger partial charge is 0.0233 e. The number of hydrogen-bond acceptors (Lipinski definition) is 1. The van der Waals surface area contributed by atoms with Crippen LogP contribution in [-0.2, 0) is 13.0 Å². The van der Waals surface area contributed by atoms with Crippen LogP contribution in [0.25, 0.3) is 0 Å². The molecule has 0 bridgehead atoms. The molecule has 1 aliphatic rings. The molecule has 0 N–H and O–H groups in total. The van der Waals surface area contributed by atoms with Gasteiger partial charge in [0, 0.05) is 10.1 Å². The van der Waals surface area contributed by atoms with E-state index in [2.05, 4.69) is 52.6 Å². The van der Waals surface area contributed by atoms with Gasteiger partial charge in [0.1, 0.15) is 0 Å². The first-order valence-corrected chi connectivity index (χ1v) is 6.87. The Labute approximate surface area is 106 Å². The Morgan fingerprint density at radius 2 is 2.00 bits per heavy atom. The third-order valence-electron chi connectivity index (χ3n) is 3.10. The van der Waals surface area contributed by atoms with Crippen LogP contribution in [0.5, 0.6) is 0 Å². The molecule has 1 saturated heterocycles. The average Bonchev–Trinajstić information content (AvgIpc) is 2.73. The number of halogens is 1. The van der Waals surface area contributed by atoms with E-state index < -0.39 is 0 Å². The van der Waals surface area contributed by atoms with Gasteiger partial charge in [0.2, 0.25) is 0 Å². The topological polar surface area (TPSA) is 3.24 Å². The van der Waals surface area contributed by atoms with E-state index in [-0.39, 0.29) is 0 Å². The van der Waals surface area contributed by atoms with Crippen LogP contribution in [0, 0.1) is 3.57 Å². The van der Waals surface area contributed by atoms with Gasteiger partial charge in [-0.3, -0.25) is 4.90 Å². The zero-order valence-electron chi connectivity index (χ0n) is 9.30. The highest BCUT2D eigenvalue weighted by molar-refractivity contribution is 14.1. The van der Waals surface area contributed by atoms with Gasteiger partial charge in [0.15, 0.2) is 0 Å². The summed E-state index contributed by atoms with van der Waals surface area (Å²) in [6, 6.07) is 6.91. The zero-order valence-corrected chi connectivity index (χ0v) is 11.5. The Kier molecular flexibility index (Phi) is 4.03. The van der Waals surface area contributed by atoms with Crippen molar-refractivity contribution in [2.45, 2.75) is 32.7 Å². The van der Waals surface area contributed by atoms with Crippen LogP contribution in [0.1, 0.15) is 30.9 Å². The van der Waals surface area contributed by atoms with E-state index in [1.54, 1.807) is 0 Å². The predicted molar refractivity (Wildman–Crippen MR) is 73.0 cm³/mol. The fraction of sp³-hybridized carbons (Fsp3) is 0.538. The molecule has 1 aromatic carbocycles. The van der Waals surface area contributed by atoms with Crippen LogP contribution in [0.2, 0.25) is 0 Å². The normalized spacial score (nSPS) is 17.2. The van der Waals surface area contributed by atoms with Crippen LogP contribution >= 0.6 is 22.6 Å². The lowest BCUT2D eigenvalue weighted by Crippen LogP contribution is -2.18. The fourth-order valence-corrected chi connectivity index (χ4v) is 2.91. The van der Waals surface area contributed by atoms with Gasteiger partial charge in [0.05, 0.1) is 0 Å². The minimum atomic E-state index is 1.14. The molecule has 0 spiro atoms. The second-order valence-corrected chi connectivity index (χ2v) is 5.42. The zero-order chi connectivity index (χ0) is 10.7. The third kappa shape index (κ3) is 2.94.